The van der Waals surface area contributed by atoms with Crippen LogP contribution < -0.4 is 5.36 Å². The van der Waals surface area contributed by atoms with Crippen molar-refractivity contribution in [1.29, 1.82) is 0 Å². The Morgan fingerprint density at radius 3 is 2.37 bits per heavy atom. The van der Waals surface area contributed by atoms with Crippen LogP contribution in [0.15, 0.2) is 88.3 Å². The van der Waals surface area contributed by atoms with Crippen LogP contribution in [0.25, 0.3) is 22.3 Å². The third kappa shape index (κ3) is 3.69. The van der Waals surface area contributed by atoms with Crippen LogP contribution in [0, 0.1) is 0 Å². The molecule has 0 atom stereocenters. The lowest BCUT2D eigenvalue weighted by Crippen LogP contribution is -2.03. The molecule has 0 bridgehead atoms. The van der Waals surface area contributed by atoms with E-state index < -0.39 is 0 Å². The summed E-state index contributed by atoms with van der Waals surface area (Å²) < 4.78 is 6.07. The first kappa shape index (κ1) is 17.3. The SMILES string of the molecule is CC(=O)c1ccc(N=c2cc(-c3ccccc3)oc3ccc(Cl)cc23)cc1. The Bertz CT molecular complexity index is 1190. The molecule has 0 amide bonds. The van der Waals surface area contributed by atoms with Crippen LogP contribution in [0.3, 0.4) is 0 Å². The molecule has 0 unspecified atom stereocenters. The molecule has 4 aromatic rings. The van der Waals surface area contributed by atoms with Crippen molar-refractivity contribution in [3.05, 3.63) is 94.8 Å². The van der Waals surface area contributed by atoms with Gasteiger partial charge in [-0.2, -0.15) is 0 Å². The minimum absolute atomic E-state index is 0.0312. The monoisotopic (exact) mass is 373 g/mol. The molecule has 0 radical (unpaired) electrons. The van der Waals surface area contributed by atoms with Crippen LogP contribution in [0.4, 0.5) is 5.69 Å². The van der Waals surface area contributed by atoms with E-state index in [4.69, 9.17) is 21.0 Å². The van der Waals surface area contributed by atoms with Gasteiger partial charge in [-0.15, -0.1) is 0 Å². The van der Waals surface area contributed by atoms with Crippen molar-refractivity contribution in [2.24, 2.45) is 4.99 Å². The van der Waals surface area contributed by atoms with E-state index in [0.29, 0.717) is 16.2 Å². The fourth-order valence-electron chi connectivity index (χ4n) is 2.89. The average Bonchev–Trinajstić information content (AvgIpc) is 2.69. The molecule has 0 saturated heterocycles. The summed E-state index contributed by atoms with van der Waals surface area (Å²) in [6.07, 6.45) is 0. The molecule has 3 aromatic carbocycles. The lowest BCUT2D eigenvalue weighted by Gasteiger charge is -2.06. The molecule has 0 aliphatic heterocycles. The second-order valence-corrected chi connectivity index (χ2v) is 6.65. The lowest BCUT2D eigenvalue weighted by atomic mass is 10.1. The topological polar surface area (TPSA) is 42.6 Å². The first-order valence-electron chi connectivity index (χ1n) is 8.55. The molecule has 0 aliphatic carbocycles. The van der Waals surface area contributed by atoms with Crippen LogP contribution in [0.2, 0.25) is 5.02 Å². The Kier molecular flexibility index (Phi) is 4.61. The van der Waals surface area contributed by atoms with E-state index in [9.17, 15) is 4.79 Å². The summed E-state index contributed by atoms with van der Waals surface area (Å²) in [5, 5.41) is 2.21. The number of nitrogens with zero attached hydrogens (tertiary/aromatic N) is 1. The predicted molar refractivity (Wildman–Crippen MR) is 108 cm³/mol. The highest BCUT2D eigenvalue weighted by molar-refractivity contribution is 6.31. The van der Waals surface area contributed by atoms with Gasteiger partial charge >= 0.3 is 0 Å². The highest BCUT2D eigenvalue weighted by atomic mass is 35.5. The first-order valence-corrected chi connectivity index (χ1v) is 8.92. The van der Waals surface area contributed by atoms with Crippen molar-refractivity contribution < 1.29 is 9.21 Å². The van der Waals surface area contributed by atoms with Crippen molar-refractivity contribution in [1.82, 2.24) is 0 Å². The van der Waals surface area contributed by atoms with Crippen LogP contribution in [-0.4, -0.2) is 5.78 Å². The van der Waals surface area contributed by atoms with Gasteiger partial charge in [-0.25, -0.2) is 4.99 Å². The second-order valence-electron chi connectivity index (χ2n) is 6.22. The summed E-state index contributed by atoms with van der Waals surface area (Å²) in [7, 11) is 0. The standard InChI is InChI=1S/C23H16ClNO2/c1-15(26)16-7-10-19(11-8-16)25-21-14-23(17-5-3-2-4-6-17)27-22-12-9-18(24)13-20(21)22/h2-14H,1H3. The number of hydrogen-bond donors (Lipinski definition) is 0. The zero-order chi connectivity index (χ0) is 18.8. The van der Waals surface area contributed by atoms with Crippen LogP contribution in [-0.2, 0) is 0 Å². The van der Waals surface area contributed by atoms with Gasteiger partial charge in [0.2, 0.25) is 0 Å². The van der Waals surface area contributed by atoms with Crippen LogP contribution in [0.5, 0.6) is 0 Å². The van der Waals surface area contributed by atoms with E-state index in [1.165, 1.54) is 0 Å². The maximum atomic E-state index is 11.5. The molecule has 27 heavy (non-hydrogen) atoms. The van der Waals surface area contributed by atoms with Gasteiger partial charge < -0.3 is 4.42 Å². The van der Waals surface area contributed by atoms with Crippen molar-refractivity contribution in [3.63, 3.8) is 0 Å². The van der Waals surface area contributed by atoms with Gasteiger partial charge in [0, 0.05) is 27.6 Å². The number of carbonyl (C=O) groups is 1. The second kappa shape index (κ2) is 7.22. The Hall–Kier alpha value is -3.17. The van der Waals surface area contributed by atoms with Gasteiger partial charge in [0.25, 0.3) is 0 Å². The van der Waals surface area contributed by atoms with E-state index in [2.05, 4.69) is 0 Å². The maximum Gasteiger partial charge on any atom is 0.159 e. The van der Waals surface area contributed by atoms with Gasteiger partial charge in [0.15, 0.2) is 5.78 Å². The van der Waals surface area contributed by atoms with Gasteiger partial charge in [0.1, 0.15) is 11.3 Å². The molecule has 1 heterocycles. The van der Waals surface area contributed by atoms with Crippen LogP contribution in [0.1, 0.15) is 17.3 Å². The lowest BCUT2D eigenvalue weighted by molar-refractivity contribution is 0.101. The van der Waals surface area contributed by atoms with Gasteiger partial charge in [-0.05, 0) is 49.4 Å². The van der Waals surface area contributed by atoms with E-state index in [1.807, 2.05) is 60.7 Å². The molecule has 4 rings (SSSR count). The molecule has 0 saturated carbocycles. The Morgan fingerprint density at radius 2 is 1.67 bits per heavy atom. The molecule has 3 nitrogen and oxygen atoms in total. The largest absolute Gasteiger partial charge is 0.456 e. The summed E-state index contributed by atoms with van der Waals surface area (Å²) in [4.78, 5) is 16.2. The smallest absolute Gasteiger partial charge is 0.159 e. The molecule has 132 valence electrons. The van der Waals surface area contributed by atoms with E-state index in [1.54, 1.807) is 25.1 Å². The zero-order valence-electron chi connectivity index (χ0n) is 14.6. The number of halogens is 1. The molecular weight excluding hydrogens is 358 g/mol. The highest BCUT2D eigenvalue weighted by Gasteiger charge is 2.07. The number of fused-ring (bicyclic) bond motifs is 1. The zero-order valence-corrected chi connectivity index (χ0v) is 15.4. The third-order valence-corrected chi connectivity index (χ3v) is 4.52. The number of carbonyl (C=O) groups excluding carboxylic acids is 1. The Labute approximate surface area is 161 Å². The molecule has 0 aliphatic rings. The summed E-state index contributed by atoms with van der Waals surface area (Å²) in [5.74, 6) is 0.758. The molecular formula is C23H16ClNO2. The first-order chi connectivity index (χ1) is 13.1. The minimum atomic E-state index is 0.0312. The number of rotatable bonds is 3. The fraction of sp³-hybridized carbons (Fsp3) is 0.0435. The number of hydrogen-bond acceptors (Lipinski definition) is 3. The van der Waals surface area contributed by atoms with Gasteiger partial charge in [-0.1, -0.05) is 41.9 Å². The maximum absolute atomic E-state index is 11.5. The van der Waals surface area contributed by atoms with E-state index in [-0.39, 0.29) is 5.78 Å². The average molecular weight is 374 g/mol. The Balaban J connectivity index is 1.94. The number of Topliss-reactive ketones (excluding diaryl/α,β-unsaturated/α-hetero) is 1. The highest BCUT2D eigenvalue weighted by Crippen LogP contribution is 2.24. The number of ketones is 1. The molecule has 4 heteroatoms. The summed E-state index contributed by atoms with van der Waals surface area (Å²) in [6.45, 7) is 1.55. The van der Waals surface area contributed by atoms with Crippen LogP contribution >= 0.6 is 11.6 Å². The van der Waals surface area contributed by atoms with Crippen molar-refractivity contribution in [3.8, 4) is 11.3 Å². The molecule has 0 N–H and O–H groups in total. The van der Waals surface area contributed by atoms with Crippen molar-refractivity contribution in [2.75, 3.05) is 0 Å². The van der Waals surface area contributed by atoms with E-state index >= 15 is 0 Å². The van der Waals surface area contributed by atoms with Gasteiger partial charge in [0.05, 0.1) is 11.0 Å². The summed E-state index contributed by atoms with van der Waals surface area (Å²) >= 11 is 6.19. The molecule has 0 fully saturated rings. The summed E-state index contributed by atoms with van der Waals surface area (Å²) in [6, 6.07) is 24.5. The minimum Gasteiger partial charge on any atom is -0.456 e. The predicted octanol–water partition coefficient (Wildman–Crippen LogP) is 6.19. The van der Waals surface area contributed by atoms with Gasteiger partial charge in [-0.3, -0.25) is 4.79 Å². The quantitative estimate of drug-likeness (QED) is 0.402. The normalized spacial score (nSPS) is 11.7. The van der Waals surface area contributed by atoms with E-state index in [0.717, 1.165) is 27.8 Å². The number of benzene rings is 3. The fourth-order valence-corrected chi connectivity index (χ4v) is 3.06. The molecule has 1 aromatic heterocycles. The summed E-state index contributed by atoms with van der Waals surface area (Å²) in [5.41, 5.74) is 3.10. The van der Waals surface area contributed by atoms with Crippen molar-refractivity contribution >= 4 is 34.0 Å². The third-order valence-electron chi connectivity index (χ3n) is 4.29. The van der Waals surface area contributed by atoms with Crippen molar-refractivity contribution in [2.45, 2.75) is 6.92 Å². The molecule has 0 spiro atoms. The Morgan fingerprint density at radius 1 is 0.926 bits per heavy atom.